The number of methoxy groups -OCH3 is 1. The highest BCUT2D eigenvalue weighted by atomic mass is 32.2. The van der Waals surface area contributed by atoms with Gasteiger partial charge in [0.25, 0.3) is 5.91 Å². The summed E-state index contributed by atoms with van der Waals surface area (Å²) >= 11 is 1.41. The van der Waals surface area contributed by atoms with E-state index in [9.17, 15) is 4.79 Å². The van der Waals surface area contributed by atoms with Crippen molar-refractivity contribution in [1.29, 1.82) is 0 Å². The van der Waals surface area contributed by atoms with Crippen molar-refractivity contribution in [3.8, 4) is 11.5 Å². The molecule has 0 bridgehead atoms. The number of benzene rings is 1. The molecule has 2 heterocycles. The van der Waals surface area contributed by atoms with Crippen molar-refractivity contribution >= 4 is 28.9 Å². The lowest BCUT2D eigenvalue weighted by Gasteiger charge is -2.27. The molecule has 1 amide bonds. The van der Waals surface area contributed by atoms with Crippen LogP contribution >= 0.6 is 11.8 Å². The molecule has 0 N–H and O–H groups in total. The van der Waals surface area contributed by atoms with Gasteiger partial charge in [-0.15, -0.1) is 0 Å². The zero-order valence-corrected chi connectivity index (χ0v) is 14.6. The van der Waals surface area contributed by atoms with E-state index in [1.165, 1.54) is 11.8 Å². The van der Waals surface area contributed by atoms with Crippen LogP contribution in [0.4, 0.5) is 0 Å². The van der Waals surface area contributed by atoms with E-state index in [1.807, 2.05) is 31.2 Å². The fourth-order valence-corrected chi connectivity index (χ4v) is 3.46. The lowest BCUT2D eigenvalue weighted by molar-refractivity contribution is -0.113. The Morgan fingerprint density at radius 1 is 1.33 bits per heavy atom. The number of thioether (sulfide) groups is 1. The van der Waals surface area contributed by atoms with Gasteiger partial charge in [-0.2, -0.15) is 4.99 Å². The van der Waals surface area contributed by atoms with Crippen LogP contribution in [0.15, 0.2) is 28.1 Å². The Hall–Kier alpha value is -1.99. The Morgan fingerprint density at radius 3 is 2.83 bits per heavy atom. The number of hydrogen-bond acceptors (Lipinski definition) is 6. The number of ether oxygens (including phenoxy) is 3. The molecule has 0 unspecified atom stereocenters. The summed E-state index contributed by atoms with van der Waals surface area (Å²) in [6, 6.07) is 5.61. The predicted octanol–water partition coefficient (Wildman–Crippen LogP) is 2.40. The SMILES string of the molecule is CCOc1cc(/C=C2/SC(N3CCOCC3)=NC2=O)ccc1OC. The minimum absolute atomic E-state index is 0.199. The van der Waals surface area contributed by atoms with Crippen molar-refractivity contribution in [2.24, 2.45) is 4.99 Å². The van der Waals surface area contributed by atoms with Crippen molar-refractivity contribution in [3.05, 3.63) is 28.7 Å². The summed E-state index contributed by atoms with van der Waals surface area (Å²) in [6.07, 6.45) is 1.84. The third kappa shape index (κ3) is 3.73. The van der Waals surface area contributed by atoms with Crippen LogP contribution in [0.25, 0.3) is 6.08 Å². The molecule has 0 spiro atoms. The molecule has 1 aromatic rings. The first-order valence-electron chi connectivity index (χ1n) is 7.87. The second-order valence-corrected chi connectivity index (χ2v) is 6.26. The van der Waals surface area contributed by atoms with Gasteiger partial charge >= 0.3 is 0 Å². The third-order valence-electron chi connectivity index (χ3n) is 3.68. The van der Waals surface area contributed by atoms with E-state index in [0.717, 1.165) is 23.8 Å². The zero-order chi connectivity index (χ0) is 16.9. The van der Waals surface area contributed by atoms with E-state index in [1.54, 1.807) is 7.11 Å². The number of hydrogen-bond donors (Lipinski definition) is 0. The van der Waals surface area contributed by atoms with Gasteiger partial charge in [0.1, 0.15) is 0 Å². The number of amidine groups is 1. The molecule has 6 nitrogen and oxygen atoms in total. The monoisotopic (exact) mass is 348 g/mol. The first kappa shape index (κ1) is 16.9. The van der Waals surface area contributed by atoms with Gasteiger partial charge in [0.05, 0.1) is 31.8 Å². The van der Waals surface area contributed by atoms with Crippen LogP contribution in [-0.4, -0.2) is 56.0 Å². The summed E-state index contributed by atoms with van der Waals surface area (Å²) in [6.45, 7) is 5.34. The topological polar surface area (TPSA) is 60.4 Å². The molecular formula is C17H20N2O4S. The Balaban J connectivity index is 1.77. The molecule has 24 heavy (non-hydrogen) atoms. The molecule has 1 fully saturated rings. The number of carbonyl (C=O) groups is 1. The van der Waals surface area contributed by atoms with E-state index in [-0.39, 0.29) is 5.91 Å². The number of rotatable bonds is 4. The molecule has 1 aromatic carbocycles. The van der Waals surface area contributed by atoms with Gasteiger partial charge in [-0.25, -0.2) is 0 Å². The van der Waals surface area contributed by atoms with Crippen LogP contribution in [0.1, 0.15) is 12.5 Å². The van der Waals surface area contributed by atoms with Crippen molar-refractivity contribution in [2.45, 2.75) is 6.92 Å². The van der Waals surface area contributed by atoms with E-state index >= 15 is 0 Å². The maximum atomic E-state index is 12.2. The first-order valence-corrected chi connectivity index (χ1v) is 8.69. The van der Waals surface area contributed by atoms with Crippen molar-refractivity contribution in [2.75, 3.05) is 40.0 Å². The second kappa shape index (κ2) is 7.72. The number of nitrogens with zero attached hydrogens (tertiary/aromatic N) is 2. The highest BCUT2D eigenvalue weighted by Gasteiger charge is 2.27. The average Bonchev–Trinajstić information content (AvgIpc) is 2.97. The van der Waals surface area contributed by atoms with Crippen molar-refractivity contribution in [3.63, 3.8) is 0 Å². The first-order chi connectivity index (χ1) is 11.7. The van der Waals surface area contributed by atoms with Gasteiger partial charge < -0.3 is 19.1 Å². The molecule has 128 valence electrons. The number of aliphatic imine (C=N–C) groups is 1. The highest BCUT2D eigenvalue weighted by molar-refractivity contribution is 8.18. The summed E-state index contributed by atoms with van der Waals surface area (Å²) in [5.74, 6) is 1.14. The minimum Gasteiger partial charge on any atom is -0.493 e. The van der Waals surface area contributed by atoms with Crippen LogP contribution in [0, 0.1) is 0 Å². The standard InChI is InChI=1S/C17H20N2O4S/c1-3-23-14-10-12(4-5-13(14)21-2)11-15-16(20)18-17(24-15)19-6-8-22-9-7-19/h4-5,10-11H,3,6-9H2,1-2H3/b15-11+. The number of carbonyl (C=O) groups excluding carboxylic acids is 1. The molecule has 2 aliphatic heterocycles. The molecule has 3 rings (SSSR count). The summed E-state index contributed by atoms with van der Waals surface area (Å²) in [5.41, 5.74) is 0.883. The van der Waals surface area contributed by atoms with Crippen molar-refractivity contribution < 1.29 is 19.0 Å². The van der Waals surface area contributed by atoms with Gasteiger partial charge in [-0.1, -0.05) is 6.07 Å². The van der Waals surface area contributed by atoms with Crippen LogP contribution in [-0.2, 0) is 9.53 Å². The largest absolute Gasteiger partial charge is 0.493 e. The Bertz CT molecular complexity index is 681. The Labute approximate surface area is 145 Å². The molecule has 2 aliphatic rings. The molecule has 0 aromatic heterocycles. The van der Waals surface area contributed by atoms with E-state index in [0.29, 0.717) is 36.2 Å². The molecule has 0 saturated carbocycles. The van der Waals surface area contributed by atoms with Crippen LogP contribution in [0.3, 0.4) is 0 Å². The normalized spacial score (nSPS) is 19.6. The molecule has 1 saturated heterocycles. The minimum atomic E-state index is -0.199. The van der Waals surface area contributed by atoms with E-state index in [2.05, 4.69) is 9.89 Å². The summed E-state index contributed by atoms with van der Waals surface area (Å²) in [5, 5.41) is 0.757. The summed E-state index contributed by atoms with van der Waals surface area (Å²) in [7, 11) is 1.61. The van der Waals surface area contributed by atoms with E-state index in [4.69, 9.17) is 14.2 Å². The molecule has 0 radical (unpaired) electrons. The zero-order valence-electron chi connectivity index (χ0n) is 13.8. The lowest BCUT2D eigenvalue weighted by atomic mass is 10.2. The second-order valence-electron chi connectivity index (χ2n) is 5.25. The third-order valence-corrected chi connectivity index (χ3v) is 4.72. The van der Waals surface area contributed by atoms with Gasteiger partial charge in [-0.05, 0) is 42.5 Å². The van der Waals surface area contributed by atoms with Crippen LogP contribution in [0.2, 0.25) is 0 Å². The van der Waals surface area contributed by atoms with Crippen LogP contribution < -0.4 is 9.47 Å². The maximum absolute atomic E-state index is 12.2. The quantitative estimate of drug-likeness (QED) is 0.779. The maximum Gasteiger partial charge on any atom is 0.286 e. The van der Waals surface area contributed by atoms with E-state index < -0.39 is 0 Å². The van der Waals surface area contributed by atoms with Gasteiger partial charge in [0.2, 0.25) is 0 Å². The molecule has 7 heteroatoms. The molecule has 0 aliphatic carbocycles. The summed E-state index contributed by atoms with van der Waals surface area (Å²) < 4.78 is 16.2. The highest BCUT2D eigenvalue weighted by Crippen LogP contribution is 2.33. The van der Waals surface area contributed by atoms with Crippen LogP contribution in [0.5, 0.6) is 11.5 Å². The fourth-order valence-electron chi connectivity index (χ4n) is 2.49. The molecule has 0 atom stereocenters. The summed E-state index contributed by atoms with van der Waals surface area (Å²) in [4.78, 5) is 19.0. The van der Waals surface area contributed by atoms with Gasteiger partial charge in [0.15, 0.2) is 16.7 Å². The average molecular weight is 348 g/mol. The van der Waals surface area contributed by atoms with Gasteiger partial charge in [-0.3, -0.25) is 4.79 Å². The molecular weight excluding hydrogens is 328 g/mol. The number of amides is 1. The predicted molar refractivity (Wildman–Crippen MR) is 94.6 cm³/mol. The fraction of sp³-hybridized carbons (Fsp3) is 0.412. The Morgan fingerprint density at radius 2 is 2.12 bits per heavy atom. The smallest absolute Gasteiger partial charge is 0.286 e. The van der Waals surface area contributed by atoms with Crippen molar-refractivity contribution in [1.82, 2.24) is 4.90 Å². The van der Waals surface area contributed by atoms with Gasteiger partial charge in [0, 0.05) is 13.1 Å². The Kier molecular flexibility index (Phi) is 5.42. The number of morpholine rings is 1. The lowest BCUT2D eigenvalue weighted by Crippen LogP contribution is -2.38.